The van der Waals surface area contributed by atoms with Crippen molar-refractivity contribution in [3.8, 4) is 29.7 Å². The van der Waals surface area contributed by atoms with E-state index in [9.17, 15) is 9.59 Å². The number of fused-ring (bicyclic) bond motifs is 1. The highest BCUT2D eigenvalue weighted by molar-refractivity contribution is 6.07. The van der Waals surface area contributed by atoms with Gasteiger partial charge in [-0.05, 0) is 80.0 Å². The number of ketones is 1. The number of amides is 2. The second kappa shape index (κ2) is 17.3. The number of hydrogen-bond acceptors (Lipinski definition) is 6. The first-order chi connectivity index (χ1) is 27.3. The molecule has 0 radical (unpaired) electrons. The molecule has 57 heavy (non-hydrogen) atoms. The first-order valence-corrected chi connectivity index (χ1v) is 19.7. The number of benzene rings is 4. The van der Waals surface area contributed by atoms with Crippen LogP contribution in [0.15, 0.2) is 97.2 Å². The number of carbonyl (C=O) groups is 2. The summed E-state index contributed by atoms with van der Waals surface area (Å²) in [4.78, 5) is 35.4. The summed E-state index contributed by atoms with van der Waals surface area (Å²) in [5.41, 5.74) is 6.14. The van der Waals surface area contributed by atoms with Gasteiger partial charge in [0.2, 0.25) is 5.88 Å². The largest absolute Gasteiger partial charge is 0.438 e. The maximum Gasteiger partial charge on any atom is 0.324 e. The standard InChI is InChI=1S/C48H52N6O3/c1-10-34-27-35(18-19-36(34)28-41(55)30(3)4)33(7)32(6)26-44-49-25-24-46(51-44)57-42-23-22-40(38-14-12-13-15-39(38)42)50-47(56)52-45-29-43(48(8,9)11-2)53-54(45)37-20-16-31(5)17-21-37/h2,12-25,27,29-30,32-33H,10,26,28H2,1,3-9H3,(H2,50,52,56). The van der Waals surface area contributed by atoms with Gasteiger partial charge in [-0.25, -0.2) is 14.5 Å². The molecule has 0 spiro atoms. The van der Waals surface area contributed by atoms with E-state index >= 15 is 0 Å². The quantitative estimate of drug-likeness (QED) is 0.107. The topological polar surface area (TPSA) is 111 Å². The number of terminal acetylenes is 1. The van der Waals surface area contributed by atoms with Crippen LogP contribution in [0.2, 0.25) is 0 Å². The van der Waals surface area contributed by atoms with Crippen LogP contribution in [0.25, 0.3) is 16.5 Å². The van der Waals surface area contributed by atoms with E-state index in [2.05, 4.69) is 60.5 Å². The number of anilines is 2. The van der Waals surface area contributed by atoms with Gasteiger partial charge in [0.1, 0.15) is 23.2 Å². The summed E-state index contributed by atoms with van der Waals surface area (Å²) < 4.78 is 8.08. The summed E-state index contributed by atoms with van der Waals surface area (Å²) in [6.45, 7) is 16.4. The molecule has 2 N–H and O–H groups in total. The Morgan fingerprint density at radius 1 is 0.895 bits per heavy atom. The minimum atomic E-state index is -0.640. The lowest BCUT2D eigenvalue weighted by molar-refractivity contribution is -0.121. The van der Waals surface area contributed by atoms with Crippen LogP contribution < -0.4 is 15.4 Å². The van der Waals surface area contributed by atoms with E-state index in [-0.39, 0.29) is 23.5 Å². The Morgan fingerprint density at radius 2 is 1.63 bits per heavy atom. The Bertz CT molecular complexity index is 2440. The fraction of sp³-hybridized carbons (Fsp3) is 0.312. The summed E-state index contributed by atoms with van der Waals surface area (Å²) in [7, 11) is 0. The maximum atomic E-state index is 13.6. The summed E-state index contributed by atoms with van der Waals surface area (Å²) in [5.74, 6) is 5.80. The van der Waals surface area contributed by atoms with Gasteiger partial charge in [0.25, 0.3) is 0 Å². The average Bonchev–Trinajstić information content (AvgIpc) is 3.63. The van der Waals surface area contributed by atoms with E-state index in [1.165, 1.54) is 11.1 Å². The van der Waals surface area contributed by atoms with Gasteiger partial charge in [-0.1, -0.05) is 101 Å². The first-order valence-electron chi connectivity index (χ1n) is 19.7. The molecule has 4 aromatic carbocycles. The summed E-state index contributed by atoms with van der Waals surface area (Å²) in [6, 6.07) is 29.0. The minimum Gasteiger partial charge on any atom is -0.438 e. The highest BCUT2D eigenvalue weighted by Crippen LogP contribution is 2.35. The number of carbonyl (C=O) groups excluding carboxylic acids is 2. The molecule has 0 saturated heterocycles. The highest BCUT2D eigenvalue weighted by atomic mass is 16.5. The number of aryl methyl sites for hydroxylation is 2. The van der Waals surface area contributed by atoms with Crippen molar-refractivity contribution in [3.05, 3.63) is 131 Å². The first kappa shape index (κ1) is 40.4. The second-order valence-electron chi connectivity index (χ2n) is 15.7. The molecule has 2 aromatic heterocycles. The van der Waals surface area contributed by atoms with Crippen LogP contribution in [0, 0.1) is 31.1 Å². The molecule has 0 aliphatic carbocycles. The van der Waals surface area contributed by atoms with Crippen molar-refractivity contribution in [2.24, 2.45) is 11.8 Å². The molecule has 2 atom stereocenters. The summed E-state index contributed by atoms with van der Waals surface area (Å²) >= 11 is 0. The summed E-state index contributed by atoms with van der Waals surface area (Å²) in [6.07, 6.45) is 9.58. The van der Waals surface area contributed by atoms with Crippen molar-refractivity contribution >= 4 is 34.1 Å². The SMILES string of the molecule is C#CC(C)(C)c1cc(NC(=O)Nc2ccc(Oc3ccnc(CC(C)C(C)c4ccc(CC(=O)C(C)C)c(CC)c4)n3)c3ccccc23)n(-c2ccc(C)cc2)n1. The van der Waals surface area contributed by atoms with Gasteiger partial charge in [-0.2, -0.15) is 10.1 Å². The molecule has 2 heterocycles. The lowest BCUT2D eigenvalue weighted by atomic mass is 9.84. The third kappa shape index (κ3) is 9.41. The van der Waals surface area contributed by atoms with Gasteiger partial charge < -0.3 is 10.1 Å². The Morgan fingerprint density at radius 3 is 2.33 bits per heavy atom. The predicted octanol–water partition coefficient (Wildman–Crippen LogP) is 10.8. The molecule has 9 nitrogen and oxygen atoms in total. The smallest absolute Gasteiger partial charge is 0.324 e. The number of aromatic nitrogens is 4. The van der Waals surface area contributed by atoms with Crippen LogP contribution in [0.5, 0.6) is 11.6 Å². The Labute approximate surface area is 336 Å². The van der Waals surface area contributed by atoms with Gasteiger partial charge in [0, 0.05) is 47.9 Å². The van der Waals surface area contributed by atoms with Crippen molar-refractivity contribution in [1.29, 1.82) is 0 Å². The number of hydrogen-bond donors (Lipinski definition) is 2. The van der Waals surface area contributed by atoms with E-state index in [0.29, 0.717) is 47.5 Å². The average molecular weight is 761 g/mol. The van der Waals surface area contributed by atoms with Crippen LogP contribution in [-0.2, 0) is 29.5 Å². The molecule has 9 heteroatoms. The molecule has 0 bridgehead atoms. The lowest BCUT2D eigenvalue weighted by Crippen LogP contribution is -2.21. The fourth-order valence-corrected chi connectivity index (χ4v) is 6.74. The van der Waals surface area contributed by atoms with E-state index < -0.39 is 11.4 Å². The van der Waals surface area contributed by atoms with E-state index in [0.717, 1.165) is 34.0 Å². The zero-order valence-electron chi connectivity index (χ0n) is 34.2. The molecule has 2 amide bonds. The molecule has 6 rings (SSSR count). The molecule has 292 valence electrons. The normalized spacial score (nSPS) is 12.6. The van der Waals surface area contributed by atoms with Gasteiger partial charge in [-0.3, -0.25) is 10.1 Å². The van der Waals surface area contributed by atoms with Crippen LogP contribution in [-0.4, -0.2) is 31.6 Å². The number of nitrogens with zero attached hydrogens (tertiary/aromatic N) is 4. The molecule has 0 fully saturated rings. The van der Waals surface area contributed by atoms with Gasteiger partial charge in [-0.15, -0.1) is 6.42 Å². The van der Waals surface area contributed by atoms with Crippen molar-refractivity contribution in [2.45, 2.75) is 86.0 Å². The van der Waals surface area contributed by atoms with Crippen molar-refractivity contribution in [3.63, 3.8) is 0 Å². The van der Waals surface area contributed by atoms with E-state index in [4.69, 9.17) is 21.2 Å². The molecule has 6 aromatic rings. The number of rotatable bonds is 14. The Balaban J connectivity index is 1.17. The maximum absolute atomic E-state index is 13.6. The second-order valence-corrected chi connectivity index (χ2v) is 15.7. The van der Waals surface area contributed by atoms with Crippen LogP contribution in [0.4, 0.5) is 16.3 Å². The fourth-order valence-electron chi connectivity index (χ4n) is 6.74. The number of ether oxygens (including phenoxy) is 1. The third-order valence-electron chi connectivity index (χ3n) is 10.8. The number of Topliss-reactive ketones (excluding diaryl/α,β-unsaturated/α-hetero) is 1. The van der Waals surface area contributed by atoms with Gasteiger partial charge in [0.15, 0.2) is 0 Å². The zero-order chi connectivity index (χ0) is 40.9. The Hall–Kier alpha value is -6.27. The molecule has 0 aliphatic heterocycles. The monoisotopic (exact) mass is 760 g/mol. The van der Waals surface area contributed by atoms with Crippen molar-refractivity contribution in [1.82, 2.24) is 19.7 Å². The molecule has 0 saturated carbocycles. The van der Waals surface area contributed by atoms with Crippen molar-refractivity contribution < 1.29 is 14.3 Å². The molecular formula is C48H52N6O3. The lowest BCUT2D eigenvalue weighted by Gasteiger charge is -2.22. The molecule has 0 aliphatic rings. The molecule has 2 unspecified atom stereocenters. The highest BCUT2D eigenvalue weighted by Gasteiger charge is 2.25. The third-order valence-corrected chi connectivity index (χ3v) is 10.8. The Kier molecular flexibility index (Phi) is 12.2. The van der Waals surface area contributed by atoms with Gasteiger partial charge >= 0.3 is 6.03 Å². The summed E-state index contributed by atoms with van der Waals surface area (Å²) in [5, 5.41) is 12.4. The van der Waals surface area contributed by atoms with Crippen molar-refractivity contribution in [2.75, 3.05) is 10.6 Å². The van der Waals surface area contributed by atoms with Crippen LogP contribution in [0.1, 0.15) is 88.2 Å². The number of nitrogens with one attached hydrogen (secondary N) is 2. The number of urea groups is 1. The van der Waals surface area contributed by atoms with Crippen LogP contribution in [0.3, 0.4) is 0 Å². The zero-order valence-corrected chi connectivity index (χ0v) is 34.2. The predicted molar refractivity (Wildman–Crippen MR) is 230 cm³/mol. The van der Waals surface area contributed by atoms with E-state index in [1.54, 1.807) is 16.9 Å². The van der Waals surface area contributed by atoms with Crippen LogP contribution >= 0.6 is 0 Å². The minimum absolute atomic E-state index is 0.0252. The molecular weight excluding hydrogens is 709 g/mol. The van der Waals surface area contributed by atoms with Gasteiger partial charge in [0.05, 0.1) is 22.5 Å². The van der Waals surface area contributed by atoms with E-state index in [1.807, 2.05) is 101 Å².